The number of methoxy groups -OCH3 is 1. The molecule has 0 aliphatic carbocycles. The number of benzene rings is 2. The second-order valence-corrected chi connectivity index (χ2v) is 5.62. The van der Waals surface area contributed by atoms with Gasteiger partial charge < -0.3 is 19.8 Å². The van der Waals surface area contributed by atoms with E-state index in [-0.39, 0.29) is 17.6 Å². The van der Waals surface area contributed by atoms with Crippen LogP contribution in [0.5, 0.6) is 5.75 Å². The SMILES string of the molecule is COc1ccccc1NC(=O)c1ccc(NC(=O)c2occc2C)cc1. The molecular formula is C20H18N2O4. The summed E-state index contributed by atoms with van der Waals surface area (Å²) in [6.45, 7) is 1.80. The van der Waals surface area contributed by atoms with Gasteiger partial charge >= 0.3 is 0 Å². The zero-order valence-corrected chi connectivity index (χ0v) is 14.4. The van der Waals surface area contributed by atoms with Crippen LogP contribution in [0.2, 0.25) is 0 Å². The highest BCUT2D eigenvalue weighted by atomic mass is 16.5. The van der Waals surface area contributed by atoms with Crippen molar-refractivity contribution in [2.24, 2.45) is 0 Å². The Morgan fingerprint density at radius 3 is 2.31 bits per heavy atom. The van der Waals surface area contributed by atoms with Crippen molar-refractivity contribution < 1.29 is 18.7 Å². The number of carbonyl (C=O) groups is 2. The molecule has 0 atom stereocenters. The molecule has 6 heteroatoms. The van der Waals surface area contributed by atoms with Crippen LogP contribution in [0.4, 0.5) is 11.4 Å². The zero-order valence-electron chi connectivity index (χ0n) is 14.4. The summed E-state index contributed by atoms with van der Waals surface area (Å²) in [6.07, 6.45) is 1.47. The normalized spacial score (nSPS) is 10.2. The topological polar surface area (TPSA) is 80.6 Å². The van der Waals surface area contributed by atoms with Crippen LogP contribution in [0.15, 0.2) is 65.3 Å². The molecule has 0 aliphatic heterocycles. The van der Waals surface area contributed by atoms with Crippen molar-refractivity contribution in [2.45, 2.75) is 6.92 Å². The van der Waals surface area contributed by atoms with E-state index in [0.717, 1.165) is 5.56 Å². The first-order valence-corrected chi connectivity index (χ1v) is 7.98. The summed E-state index contributed by atoms with van der Waals surface area (Å²) < 4.78 is 10.4. The molecule has 2 N–H and O–H groups in total. The van der Waals surface area contributed by atoms with Crippen LogP contribution in [0.1, 0.15) is 26.5 Å². The highest BCUT2D eigenvalue weighted by molar-refractivity contribution is 6.06. The number of anilines is 2. The van der Waals surface area contributed by atoms with Gasteiger partial charge in [0, 0.05) is 16.8 Å². The Morgan fingerprint density at radius 1 is 0.923 bits per heavy atom. The number of carbonyl (C=O) groups excluding carboxylic acids is 2. The first-order valence-electron chi connectivity index (χ1n) is 7.98. The van der Waals surface area contributed by atoms with Gasteiger partial charge in [-0.05, 0) is 49.4 Å². The van der Waals surface area contributed by atoms with Gasteiger partial charge in [0.15, 0.2) is 5.76 Å². The maximum atomic E-state index is 12.4. The third-order valence-corrected chi connectivity index (χ3v) is 3.83. The lowest BCUT2D eigenvalue weighted by atomic mass is 10.1. The number of nitrogens with one attached hydrogen (secondary N) is 2. The van der Waals surface area contributed by atoms with Crippen LogP contribution >= 0.6 is 0 Å². The highest BCUT2D eigenvalue weighted by Crippen LogP contribution is 2.24. The number of rotatable bonds is 5. The van der Waals surface area contributed by atoms with Crippen molar-refractivity contribution in [1.82, 2.24) is 0 Å². The van der Waals surface area contributed by atoms with E-state index in [0.29, 0.717) is 22.7 Å². The lowest BCUT2D eigenvalue weighted by Crippen LogP contribution is -2.14. The molecule has 0 aliphatic rings. The van der Waals surface area contributed by atoms with E-state index in [1.54, 1.807) is 56.5 Å². The Bertz CT molecular complexity index is 929. The van der Waals surface area contributed by atoms with Crippen molar-refractivity contribution in [2.75, 3.05) is 17.7 Å². The number of para-hydroxylation sites is 2. The number of amides is 2. The Kier molecular flexibility index (Phi) is 5.03. The van der Waals surface area contributed by atoms with Crippen molar-refractivity contribution >= 4 is 23.2 Å². The van der Waals surface area contributed by atoms with Gasteiger partial charge in [0.05, 0.1) is 19.1 Å². The molecule has 0 radical (unpaired) electrons. The second kappa shape index (κ2) is 7.57. The van der Waals surface area contributed by atoms with Crippen LogP contribution in [0.3, 0.4) is 0 Å². The van der Waals surface area contributed by atoms with E-state index >= 15 is 0 Å². The van der Waals surface area contributed by atoms with Crippen LogP contribution in [0, 0.1) is 6.92 Å². The third kappa shape index (κ3) is 3.75. The van der Waals surface area contributed by atoms with Crippen molar-refractivity contribution in [3.8, 4) is 5.75 Å². The lowest BCUT2D eigenvalue weighted by molar-refractivity contribution is 0.0994. The van der Waals surface area contributed by atoms with Gasteiger partial charge in [0.25, 0.3) is 11.8 Å². The number of hydrogen-bond donors (Lipinski definition) is 2. The maximum Gasteiger partial charge on any atom is 0.291 e. The van der Waals surface area contributed by atoms with Crippen LogP contribution in [0.25, 0.3) is 0 Å². The molecule has 2 aromatic carbocycles. The molecule has 3 aromatic rings. The monoisotopic (exact) mass is 350 g/mol. The van der Waals surface area contributed by atoms with Crippen LogP contribution in [-0.4, -0.2) is 18.9 Å². The molecule has 0 fully saturated rings. The van der Waals surface area contributed by atoms with E-state index in [4.69, 9.17) is 9.15 Å². The molecule has 3 rings (SSSR count). The largest absolute Gasteiger partial charge is 0.495 e. The summed E-state index contributed by atoms with van der Waals surface area (Å²) in [7, 11) is 1.54. The second-order valence-electron chi connectivity index (χ2n) is 5.62. The number of hydrogen-bond acceptors (Lipinski definition) is 4. The summed E-state index contributed by atoms with van der Waals surface area (Å²) >= 11 is 0. The predicted molar refractivity (Wildman–Crippen MR) is 98.8 cm³/mol. The maximum absolute atomic E-state index is 12.4. The van der Waals surface area contributed by atoms with Crippen molar-refractivity contribution in [3.05, 3.63) is 77.7 Å². The van der Waals surface area contributed by atoms with E-state index in [1.165, 1.54) is 6.26 Å². The van der Waals surface area contributed by atoms with E-state index in [1.807, 2.05) is 12.1 Å². The summed E-state index contributed by atoms with van der Waals surface area (Å²) in [5.41, 5.74) is 2.38. The molecule has 0 unspecified atom stereocenters. The Balaban J connectivity index is 1.68. The highest BCUT2D eigenvalue weighted by Gasteiger charge is 2.13. The molecule has 0 saturated heterocycles. The van der Waals surface area contributed by atoms with E-state index in [2.05, 4.69) is 10.6 Å². The van der Waals surface area contributed by atoms with Crippen LogP contribution < -0.4 is 15.4 Å². The number of aryl methyl sites for hydroxylation is 1. The fourth-order valence-corrected chi connectivity index (χ4v) is 2.44. The minimum Gasteiger partial charge on any atom is -0.495 e. The van der Waals surface area contributed by atoms with Gasteiger partial charge in [-0.25, -0.2) is 0 Å². The van der Waals surface area contributed by atoms with Crippen molar-refractivity contribution in [3.63, 3.8) is 0 Å². The minimum atomic E-state index is -0.335. The minimum absolute atomic E-state index is 0.267. The summed E-state index contributed by atoms with van der Waals surface area (Å²) in [6, 6.07) is 15.5. The molecule has 132 valence electrons. The Hall–Kier alpha value is -3.54. The number of furan rings is 1. The van der Waals surface area contributed by atoms with Gasteiger partial charge in [-0.1, -0.05) is 12.1 Å². The van der Waals surface area contributed by atoms with Crippen molar-refractivity contribution in [1.29, 1.82) is 0 Å². The lowest BCUT2D eigenvalue weighted by Gasteiger charge is -2.10. The smallest absolute Gasteiger partial charge is 0.291 e. The van der Waals surface area contributed by atoms with Crippen LogP contribution in [-0.2, 0) is 0 Å². The Labute approximate surface area is 150 Å². The fraction of sp³-hybridized carbons (Fsp3) is 0.100. The summed E-state index contributed by atoms with van der Waals surface area (Å²) in [5.74, 6) is 0.245. The van der Waals surface area contributed by atoms with Gasteiger partial charge in [0.1, 0.15) is 5.75 Å². The van der Waals surface area contributed by atoms with Gasteiger partial charge in [0.2, 0.25) is 0 Å². The van der Waals surface area contributed by atoms with E-state index in [9.17, 15) is 9.59 Å². The first-order chi connectivity index (χ1) is 12.6. The number of ether oxygens (including phenoxy) is 1. The first kappa shape index (κ1) is 17.3. The quantitative estimate of drug-likeness (QED) is 0.726. The van der Waals surface area contributed by atoms with Gasteiger partial charge in [-0.15, -0.1) is 0 Å². The van der Waals surface area contributed by atoms with Gasteiger partial charge in [-0.3, -0.25) is 9.59 Å². The molecule has 0 saturated carbocycles. The van der Waals surface area contributed by atoms with E-state index < -0.39 is 0 Å². The molecule has 0 spiro atoms. The van der Waals surface area contributed by atoms with Gasteiger partial charge in [-0.2, -0.15) is 0 Å². The summed E-state index contributed by atoms with van der Waals surface area (Å²) in [4.78, 5) is 24.5. The molecule has 1 heterocycles. The standard InChI is InChI=1S/C20H18N2O4/c1-13-11-12-26-18(13)20(24)21-15-9-7-14(8-10-15)19(23)22-16-5-3-4-6-17(16)25-2/h3-12H,1-2H3,(H,21,24)(H,22,23). The molecule has 26 heavy (non-hydrogen) atoms. The average molecular weight is 350 g/mol. The average Bonchev–Trinajstić information content (AvgIpc) is 3.09. The molecule has 6 nitrogen and oxygen atoms in total. The third-order valence-electron chi connectivity index (χ3n) is 3.83. The zero-order chi connectivity index (χ0) is 18.5. The summed E-state index contributed by atoms with van der Waals surface area (Å²) in [5, 5.41) is 5.54. The predicted octanol–water partition coefficient (Wildman–Crippen LogP) is 4.10. The molecular weight excluding hydrogens is 332 g/mol. The molecule has 2 amide bonds. The Morgan fingerprint density at radius 2 is 1.65 bits per heavy atom. The molecule has 1 aromatic heterocycles. The fourth-order valence-electron chi connectivity index (χ4n) is 2.44. The molecule has 0 bridgehead atoms.